The molecule has 3 rings (SSSR count). The van der Waals surface area contributed by atoms with Crippen LogP contribution >= 0.6 is 22.6 Å². The minimum Gasteiger partial charge on any atom is -0.0725 e. The molecule has 1 heteroatoms. The lowest BCUT2D eigenvalue weighted by atomic mass is 9.79. The average Bonchev–Trinajstić information content (AvgIpc) is 2.30. The molecular formula is C14H15I. The van der Waals surface area contributed by atoms with E-state index in [0.717, 1.165) is 0 Å². The highest BCUT2D eigenvalue weighted by Gasteiger charge is 2.26. The van der Waals surface area contributed by atoms with Gasteiger partial charge in [-0.3, -0.25) is 0 Å². The predicted octanol–water partition coefficient (Wildman–Crippen LogP) is 4.59. The van der Waals surface area contributed by atoms with Gasteiger partial charge in [-0.25, -0.2) is 0 Å². The Morgan fingerprint density at radius 3 is 2.80 bits per heavy atom. The van der Waals surface area contributed by atoms with Crippen LogP contribution in [0, 0.1) is 0 Å². The van der Waals surface area contributed by atoms with Gasteiger partial charge in [-0.1, -0.05) is 58.0 Å². The third-order valence-electron chi connectivity index (χ3n) is 3.67. The maximum Gasteiger partial charge on any atom is 0.0574 e. The van der Waals surface area contributed by atoms with E-state index in [-0.39, 0.29) is 0 Å². The number of halogens is 1. The molecule has 0 aliphatic heterocycles. The summed E-state index contributed by atoms with van der Waals surface area (Å²) in [6, 6.07) is 8.97. The smallest absolute Gasteiger partial charge is 0.0574 e. The normalized spacial score (nSPS) is 24.7. The van der Waals surface area contributed by atoms with Gasteiger partial charge in [0.15, 0.2) is 0 Å². The number of rotatable bonds is 0. The lowest BCUT2D eigenvalue weighted by Gasteiger charge is -2.30. The summed E-state index contributed by atoms with van der Waals surface area (Å²) in [5, 5.41) is 0. The largest absolute Gasteiger partial charge is 0.0725 e. The second-order valence-corrected chi connectivity index (χ2v) is 5.82. The Balaban J connectivity index is 2.07. The van der Waals surface area contributed by atoms with Crippen molar-refractivity contribution in [3.05, 3.63) is 46.5 Å². The van der Waals surface area contributed by atoms with Gasteiger partial charge in [-0.2, -0.15) is 0 Å². The lowest BCUT2D eigenvalue weighted by molar-refractivity contribution is 0.637. The van der Waals surface area contributed by atoms with Crippen LogP contribution in [0.5, 0.6) is 0 Å². The molecule has 0 spiro atoms. The summed E-state index contributed by atoms with van der Waals surface area (Å²) in [5.41, 5.74) is 6.64. The van der Waals surface area contributed by atoms with Gasteiger partial charge < -0.3 is 0 Å². The molecule has 0 N–H and O–H groups in total. The molecule has 0 saturated carbocycles. The van der Waals surface area contributed by atoms with Crippen molar-refractivity contribution < 1.29 is 0 Å². The first-order chi connectivity index (χ1) is 7.36. The molecule has 15 heavy (non-hydrogen) atoms. The molecule has 0 aromatic heterocycles. The number of alkyl halides is 1. The first-order valence-corrected chi connectivity index (χ1v) is 7.03. The van der Waals surface area contributed by atoms with E-state index in [1.807, 2.05) is 0 Å². The summed E-state index contributed by atoms with van der Waals surface area (Å²) in [6.07, 6.45) is 6.73. The van der Waals surface area contributed by atoms with Crippen LogP contribution in [0.3, 0.4) is 0 Å². The van der Waals surface area contributed by atoms with Crippen LogP contribution in [0.15, 0.2) is 35.4 Å². The molecule has 0 amide bonds. The van der Waals surface area contributed by atoms with Gasteiger partial charge in [0.2, 0.25) is 0 Å². The number of allylic oxidation sites excluding steroid dienone is 2. The topological polar surface area (TPSA) is 0 Å². The zero-order valence-corrected chi connectivity index (χ0v) is 11.0. The van der Waals surface area contributed by atoms with Gasteiger partial charge in [0.1, 0.15) is 0 Å². The predicted molar refractivity (Wildman–Crippen MR) is 72.4 cm³/mol. The van der Waals surface area contributed by atoms with Gasteiger partial charge in [0.05, 0.1) is 3.92 Å². The van der Waals surface area contributed by atoms with E-state index in [1.165, 1.54) is 32.1 Å². The number of hydrogen-bond acceptors (Lipinski definition) is 0. The Kier molecular flexibility index (Phi) is 2.59. The summed E-state index contributed by atoms with van der Waals surface area (Å²) in [5.74, 6) is 0. The number of hydrogen-bond donors (Lipinski definition) is 0. The fraction of sp³-hybridized carbons (Fsp3) is 0.429. The van der Waals surface area contributed by atoms with Crippen LogP contribution in [0.25, 0.3) is 0 Å². The van der Waals surface area contributed by atoms with E-state index in [0.29, 0.717) is 3.92 Å². The highest BCUT2D eigenvalue weighted by molar-refractivity contribution is 14.1. The minimum atomic E-state index is 0.655. The molecule has 0 heterocycles. The van der Waals surface area contributed by atoms with Crippen molar-refractivity contribution >= 4 is 22.6 Å². The Labute approximate surface area is 105 Å². The van der Waals surface area contributed by atoms with Crippen LogP contribution in [0.4, 0.5) is 0 Å². The van der Waals surface area contributed by atoms with Crippen molar-refractivity contribution in [3.63, 3.8) is 0 Å². The van der Waals surface area contributed by atoms with E-state index in [2.05, 4.69) is 46.9 Å². The third kappa shape index (κ3) is 1.65. The summed E-state index contributed by atoms with van der Waals surface area (Å²) in [7, 11) is 0. The molecule has 0 bridgehead atoms. The van der Waals surface area contributed by atoms with Crippen LogP contribution in [0.2, 0.25) is 0 Å². The molecule has 2 aliphatic rings. The maximum absolute atomic E-state index is 2.62. The summed E-state index contributed by atoms with van der Waals surface area (Å²) >= 11 is 2.62. The van der Waals surface area contributed by atoms with Crippen molar-refractivity contribution in [1.29, 1.82) is 0 Å². The quantitative estimate of drug-likeness (QED) is 0.373. The van der Waals surface area contributed by atoms with Gasteiger partial charge in [-0.05, 0) is 43.2 Å². The molecule has 1 aromatic carbocycles. The molecule has 1 unspecified atom stereocenters. The Hall–Kier alpha value is -0.310. The first-order valence-electron chi connectivity index (χ1n) is 5.79. The fourth-order valence-electron chi connectivity index (χ4n) is 2.86. The van der Waals surface area contributed by atoms with E-state index in [1.54, 1.807) is 22.3 Å². The summed E-state index contributed by atoms with van der Waals surface area (Å²) in [6.45, 7) is 0. The second-order valence-electron chi connectivity index (χ2n) is 4.57. The summed E-state index contributed by atoms with van der Waals surface area (Å²) < 4.78 is 0.655. The molecule has 0 nitrogen and oxygen atoms in total. The van der Waals surface area contributed by atoms with E-state index < -0.39 is 0 Å². The zero-order valence-electron chi connectivity index (χ0n) is 8.80. The van der Waals surface area contributed by atoms with Gasteiger partial charge in [0.25, 0.3) is 0 Å². The first kappa shape index (κ1) is 9.88. The number of fused-ring (bicyclic) bond motifs is 1. The van der Waals surface area contributed by atoms with Crippen molar-refractivity contribution in [2.24, 2.45) is 0 Å². The molecule has 0 fully saturated rings. The summed E-state index contributed by atoms with van der Waals surface area (Å²) in [4.78, 5) is 0. The average molecular weight is 310 g/mol. The molecule has 78 valence electrons. The fourth-order valence-corrected chi connectivity index (χ4v) is 4.22. The molecule has 0 radical (unpaired) electrons. The van der Waals surface area contributed by atoms with E-state index in [9.17, 15) is 0 Å². The molecular weight excluding hydrogens is 295 g/mol. The SMILES string of the molecule is IC1C2=C(CCCC2)Cc2ccccc21. The van der Waals surface area contributed by atoms with Gasteiger partial charge in [0, 0.05) is 0 Å². The van der Waals surface area contributed by atoms with Crippen molar-refractivity contribution in [2.75, 3.05) is 0 Å². The third-order valence-corrected chi connectivity index (χ3v) is 5.09. The molecule has 1 aromatic rings. The van der Waals surface area contributed by atoms with Crippen LogP contribution in [0.1, 0.15) is 40.7 Å². The van der Waals surface area contributed by atoms with Crippen LogP contribution in [-0.2, 0) is 6.42 Å². The molecule has 1 atom stereocenters. The molecule has 2 aliphatic carbocycles. The standard InChI is InChI=1S/C14H15I/c15-14-12-7-3-1-5-10(12)9-11-6-2-4-8-13(11)14/h1,3,5,7,14H,2,4,6,8-9H2. The van der Waals surface area contributed by atoms with E-state index >= 15 is 0 Å². The van der Waals surface area contributed by atoms with Crippen molar-refractivity contribution in [1.82, 2.24) is 0 Å². The van der Waals surface area contributed by atoms with Crippen molar-refractivity contribution in [2.45, 2.75) is 36.0 Å². The Morgan fingerprint density at radius 1 is 1.07 bits per heavy atom. The highest BCUT2D eigenvalue weighted by Crippen LogP contribution is 2.45. The second kappa shape index (κ2) is 3.93. The molecule has 0 saturated heterocycles. The van der Waals surface area contributed by atoms with Gasteiger partial charge in [-0.15, -0.1) is 0 Å². The minimum absolute atomic E-state index is 0.655. The van der Waals surface area contributed by atoms with Crippen molar-refractivity contribution in [3.8, 4) is 0 Å². The lowest BCUT2D eigenvalue weighted by Crippen LogP contribution is -2.14. The monoisotopic (exact) mass is 310 g/mol. The van der Waals surface area contributed by atoms with Crippen LogP contribution < -0.4 is 0 Å². The van der Waals surface area contributed by atoms with Gasteiger partial charge >= 0.3 is 0 Å². The number of benzene rings is 1. The zero-order chi connectivity index (χ0) is 10.3. The Bertz CT molecular complexity index is 417. The highest BCUT2D eigenvalue weighted by atomic mass is 127. The maximum atomic E-state index is 2.62. The van der Waals surface area contributed by atoms with E-state index in [4.69, 9.17) is 0 Å². The van der Waals surface area contributed by atoms with Crippen LogP contribution in [-0.4, -0.2) is 0 Å². The Morgan fingerprint density at radius 2 is 1.87 bits per heavy atom.